The van der Waals surface area contributed by atoms with E-state index in [-0.39, 0.29) is 16.9 Å². The number of phenolic OH excluding ortho intramolecular Hbond substituents is 1. The smallest absolute Gasteiger partial charge is 0.235 e. The number of aromatic hydroxyl groups is 1. The van der Waals surface area contributed by atoms with Crippen molar-refractivity contribution in [3.05, 3.63) is 57.9 Å². The number of para-hydroxylation sites is 2. The molecule has 0 aliphatic carbocycles. The second-order valence-corrected chi connectivity index (χ2v) is 7.99. The van der Waals surface area contributed by atoms with Gasteiger partial charge in [-0.3, -0.25) is 9.69 Å². The Morgan fingerprint density at radius 1 is 1.20 bits per heavy atom. The first-order valence-electron chi connectivity index (χ1n) is 10.3. The Bertz CT molecular complexity index is 1120. The van der Waals surface area contributed by atoms with E-state index in [1.54, 1.807) is 38.3 Å². The Kier molecular flexibility index (Phi) is 5.68. The molecule has 0 amide bonds. The number of rotatable bonds is 5. The summed E-state index contributed by atoms with van der Waals surface area (Å²) >= 11 is 0. The minimum absolute atomic E-state index is 0.121. The molecule has 0 saturated carbocycles. The molecule has 0 spiro atoms. The zero-order valence-corrected chi connectivity index (χ0v) is 17.6. The highest BCUT2D eigenvalue weighted by molar-refractivity contribution is 5.83. The molecule has 1 saturated heterocycles. The summed E-state index contributed by atoms with van der Waals surface area (Å²) in [4.78, 5) is 15.5. The number of likely N-dealkylation sites (tertiary alicyclic amines) is 1. The van der Waals surface area contributed by atoms with Crippen LogP contribution in [0.15, 0.2) is 45.6 Å². The highest BCUT2D eigenvalue weighted by Gasteiger charge is 2.22. The lowest BCUT2D eigenvalue weighted by Gasteiger charge is -2.31. The first kappa shape index (κ1) is 20.3. The number of nitrogens with zero attached hydrogens (tertiary/aromatic N) is 1. The molecular formula is C24H27NO5. The number of piperidine rings is 1. The molecule has 1 atom stereocenters. The fraction of sp³-hybridized carbons (Fsp3) is 0.375. The zero-order chi connectivity index (χ0) is 21.3. The molecule has 158 valence electrons. The molecule has 0 bridgehead atoms. The lowest BCUT2D eigenvalue weighted by Crippen LogP contribution is -2.33. The summed E-state index contributed by atoms with van der Waals surface area (Å²) in [6, 6.07) is 10.3. The van der Waals surface area contributed by atoms with Crippen LogP contribution in [-0.4, -0.2) is 30.2 Å². The summed E-state index contributed by atoms with van der Waals surface area (Å²) in [5, 5.41) is 10.9. The van der Waals surface area contributed by atoms with Crippen molar-refractivity contribution < 1.29 is 19.0 Å². The van der Waals surface area contributed by atoms with E-state index in [1.165, 1.54) is 6.42 Å². The lowest BCUT2D eigenvalue weighted by molar-refractivity contribution is 0.175. The number of methoxy groups -OCH3 is 1. The number of hydrogen-bond donors (Lipinski definition) is 1. The van der Waals surface area contributed by atoms with Crippen LogP contribution in [0.1, 0.15) is 31.1 Å². The van der Waals surface area contributed by atoms with Gasteiger partial charge in [-0.1, -0.05) is 19.1 Å². The molecule has 2 aromatic carbocycles. The van der Waals surface area contributed by atoms with Gasteiger partial charge in [-0.2, -0.15) is 0 Å². The molecule has 4 rings (SSSR count). The van der Waals surface area contributed by atoms with E-state index < -0.39 is 0 Å². The van der Waals surface area contributed by atoms with Crippen LogP contribution >= 0.6 is 0 Å². The molecule has 6 nitrogen and oxygen atoms in total. The number of benzene rings is 2. The molecule has 3 aromatic rings. The molecule has 30 heavy (non-hydrogen) atoms. The normalized spacial score (nSPS) is 17.2. The third-order valence-corrected chi connectivity index (χ3v) is 5.67. The van der Waals surface area contributed by atoms with E-state index in [4.69, 9.17) is 13.9 Å². The van der Waals surface area contributed by atoms with E-state index in [0.717, 1.165) is 19.5 Å². The highest BCUT2D eigenvalue weighted by atomic mass is 16.5. The van der Waals surface area contributed by atoms with Crippen LogP contribution in [0.5, 0.6) is 23.0 Å². The Morgan fingerprint density at radius 2 is 1.97 bits per heavy atom. The van der Waals surface area contributed by atoms with Gasteiger partial charge in [0.2, 0.25) is 11.2 Å². The Morgan fingerprint density at radius 3 is 2.70 bits per heavy atom. The summed E-state index contributed by atoms with van der Waals surface area (Å²) in [6.45, 7) is 6.41. The summed E-state index contributed by atoms with van der Waals surface area (Å²) < 4.78 is 17.3. The average molecular weight is 409 g/mol. The molecule has 1 fully saturated rings. The summed E-state index contributed by atoms with van der Waals surface area (Å²) in [7, 11) is 1.55. The molecule has 2 heterocycles. The highest BCUT2D eigenvalue weighted by Crippen LogP contribution is 2.35. The second-order valence-electron chi connectivity index (χ2n) is 7.99. The fourth-order valence-electron chi connectivity index (χ4n) is 4.13. The van der Waals surface area contributed by atoms with Gasteiger partial charge < -0.3 is 19.0 Å². The molecule has 0 unspecified atom stereocenters. The van der Waals surface area contributed by atoms with Crippen LogP contribution in [0.4, 0.5) is 0 Å². The van der Waals surface area contributed by atoms with E-state index in [0.29, 0.717) is 46.3 Å². The molecule has 1 N–H and O–H groups in total. The number of phenols is 1. The number of fused-ring (bicyclic) bond motifs is 1. The van der Waals surface area contributed by atoms with Crippen molar-refractivity contribution >= 4 is 11.0 Å². The van der Waals surface area contributed by atoms with Gasteiger partial charge in [0, 0.05) is 13.1 Å². The topological polar surface area (TPSA) is 72.1 Å². The maximum absolute atomic E-state index is 13.2. The van der Waals surface area contributed by atoms with Gasteiger partial charge >= 0.3 is 0 Å². The number of aryl methyl sites for hydroxylation is 1. The minimum Gasteiger partial charge on any atom is -0.507 e. The SMILES string of the molecule is COc1ccccc1Oc1c(C)oc2c(CN3CCC[C@H](C)C3)c(O)ccc2c1=O. The number of ether oxygens (including phenoxy) is 2. The quantitative estimate of drug-likeness (QED) is 0.650. The van der Waals surface area contributed by atoms with Crippen molar-refractivity contribution in [3.8, 4) is 23.0 Å². The predicted molar refractivity (Wildman–Crippen MR) is 116 cm³/mol. The zero-order valence-electron chi connectivity index (χ0n) is 17.6. The average Bonchev–Trinajstić information content (AvgIpc) is 2.73. The standard InChI is InChI=1S/C24H27NO5/c1-15-7-6-12-25(13-15)14-18-19(26)11-10-17-22(27)23(16(2)29-24(17)18)30-21-9-5-4-8-20(21)28-3/h4-5,8-11,15,26H,6-7,12-14H2,1-3H3/t15-/m0/s1. The molecule has 1 aliphatic heterocycles. The van der Waals surface area contributed by atoms with Crippen LogP contribution in [-0.2, 0) is 6.54 Å². The van der Waals surface area contributed by atoms with Gasteiger partial charge in [-0.05, 0) is 56.5 Å². The molecule has 1 aliphatic rings. The molecule has 1 aromatic heterocycles. The van der Waals surface area contributed by atoms with Crippen molar-refractivity contribution in [1.82, 2.24) is 4.90 Å². The monoisotopic (exact) mass is 409 g/mol. The van der Waals surface area contributed by atoms with Crippen molar-refractivity contribution in [2.24, 2.45) is 5.92 Å². The van der Waals surface area contributed by atoms with E-state index in [9.17, 15) is 9.90 Å². The Hall–Kier alpha value is -2.99. The Labute approximate surface area is 175 Å². The van der Waals surface area contributed by atoms with E-state index in [1.807, 2.05) is 12.1 Å². The van der Waals surface area contributed by atoms with Crippen LogP contribution in [0, 0.1) is 12.8 Å². The lowest BCUT2D eigenvalue weighted by atomic mass is 9.99. The van der Waals surface area contributed by atoms with E-state index >= 15 is 0 Å². The fourth-order valence-corrected chi connectivity index (χ4v) is 4.13. The molecule has 6 heteroatoms. The summed E-state index contributed by atoms with van der Waals surface area (Å²) in [5.41, 5.74) is 0.793. The van der Waals surface area contributed by atoms with Crippen LogP contribution in [0.3, 0.4) is 0 Å². The first-order chi connectivity index (χ1) is 14.5. The van der Waals surface area contributed by atoms with Crippen molar-refractivity contribution in [2.45, 2.75) is 33.2 Å². The van der Waals surface area contributed by atoms with Gasteiger partial charge in [0.15, 0.2) is 11.5 Å². The van der Waals surface area contributed by atoms with Gasteiger partial charge in [0.25, 0.3) is 0 Å². The third-order valence-electron chi connectivity index (χ3n) is 5.67. The maximum atomic E-state index is 13.2. The Balaban J connectivity index is 1.76. The largest absolute Gasteiger partial charge is 0.507 e. The van der Waals surface area contributed by atoms with Crippen LogP contribution in [0.25, 0.3) is 11.0 Å². The molecular weight excluding hydrogens is 382 g/mol. The van der Waals surface area contributed by atoms with Crippen molar-refractivity contribution in [3.63, 3.8) is 0 Å². The van der Waals surface area contributed by atoms with Crippen LogP contribution in [0.2, 0.25) is 0 Å². The maximum Gasteiger partial charge on any atom is 0.235 e. The van der Waals surface area contributed by atoms with Crippen LogP contribution < -0.4 is 14.9 Å². The van der Waals surface area contributed by atoms with Gasteiger partial charge in [0.05, 0.1) is 18.1 Å². The molecule has 0 radical (unpaired) electrons. The summed E-state index contributed by atoms with van der Waals surface area (Å²) in [6.07, 6.45) is 2.35. The third kappa shape index (κ3) is 3.87. The minimum atomic E-state index is -0.270. The van der Waals surface area contributed by atoms with Crippen molar-refractivity contribution in [1.29, 1.82) is 0 Å². The predicted octanol–water partition coefficient (Wildman–Crippen LogP) is 4.84. The number of hydrogen-bond acceptors (Lipinski definition) is 6. The van der Waals surface area contributed by atoms with Gasteiger partial charge in [-0.15, -0.1) is 0 Å². The van der Waals surface area contributed by atoms with Gasteiger partial charge in [0.1, 0.15) is 17.1 Å². The van der Waals surface area contributed by atoms with Crippen molar-refractivity contribution in [2.75, 3.05) is 20.2 Å². The van der Waals surface area contributed by atoms with Gasteiger partial charge in [-0.25, -0.2) is 0 Å². The second kappa shape index (κ2) is 8.40. The van der Waals surface area contributed by atoms with E-state index in [2.05, 4.69) is 11.8 Å². The first-order valence-corrected chi connectivity index (χ1v) is 10.3. The summed E-state index contributed by atoms with van der Waals surface area (Å²) in [5.74, 6) is 2.21.